The summed E-state index contributed by atoms with van der Waals surface area (Å²) in [6.07, 6.45) is 2.36. The lowest BCUT2D eigenvalue weighted by atomic mass is 10.0. The fourth-order valence-corrected chi connectivity index (χ4v) is 4.76. The molecular weight excluding hydrogens is 350 g/mol. The number of allylic oxidation sites excluding steroid dienone is 1. The highest BCUT2D eigenvalue weighted by Gasteiger charge is 2.41. The van der Waals surface area contributed by atoms with Crippen molar-refractivity contribution < 1.29 is 18.3 Å². The van der Waals surface area contributed by atoms with Crippen molar-refractivity contribution in [2.75, 3.05) is 6.54 Å². The van der Waals surface area contributed by atoms with Crippen molar-refractivity contribution in [1.29, 1.82) is 0 Å². The third-order valence-corrected chi connectivity index (χ3v) is 6.26. The zero-order chi connectivity index (χ0) is 18.7. The van der Waals surface area contributed by atoms with E-state index in [1.165, 1.54) is 12.1 Å². The van der Waals surface area contributed by atoms with Crippen molar-refractivity contribution in [3.63, 3.8) is 0 Å². The number of aliphatic hydroxyl groups is 1. The monoisotopic (exact) mass is 371 g/mol. The van der Waals surface area contributed by atoms with Gasteiger partial charge in [0, 0.05) is 17.7 Å². The zero-order valence-corrected chi connectivity index (χ0v) is 15.4. The first kappa shape index (κ1) is 18.2. The third-order valence-electron chi connectivity index (χ3n) is 4.40. The van der Waals surface area contributed by atoms with Gasteiger partial charge in [0.25, 0.3) is 10.0 Å². The number of rotatable bonds is 5. The number of benzene rings is 2. The summed E-state index contributed by atoms with van der Waals surface area (Å²) in [5.41, 5.74) is 0.327. The van der Waals surface area contributed by atoms with E-state index in [9.17, 15) is 18.3 Å². The quantitative estimate of drug-likeness (QED) is 0.490. The molecule has 0 aliphatic carbocycles. The molecule has 0 amide bonds. The van der Waals surface area contributed by atoms with E-state index in [0.29, 0.717) is 12.0 Å². The highest BCUT2D eigenvalue weighted by atomic mass is 32.2. The van der Waals surface area contributed by atoms with Crippen molar-refractivity contribution in [3.05, 3.63) is 71.4 Å². The summed E-state index contributed by atoms with van der Waals surface area (Å²) in [6, 6.07) is 14.7. The SMILES string of the molecule is CCCCCN1C(=C(O)c2ccccc2)C(=O)c2ccccc2S1(=O)=O. The average Bonchev–Trinajstić information content (AvgIpc) is 2.66. The van der Waals surface area contributed by atoms with Gasteiger partial charge in [-0.1, -0.05) is 62.2 Å². The van der Waals surface area contributed by atoms with Crippen LogP contribution in [0.2, 0.25) is 0 Å². The summed E-state index contributed by atoms with van der Waals surface area (Å²) in [4.78, 5) is 13.0. The molecule has 1 N–H and O–H groups in total. The maximum atomic E-state index is 13.1. The molecule has 1 heterocycles. The number of Topliss-reactive ketones (excluding diaryl/α,β-unsaturated/α-hetero) is 1. The van der Waals surface area contributed by atoms with Gasteiger partial charge in [-0.15, -0.1) is 0 Å². The van der Waals surface area contributed by atoms with Gasteiger partial charge in [-0.05, 0) is 18.6 Å². The van der Waals surface area contributed by atoms with Crippen LogP contribution < -0.4 is 0 Å². The molecule has 0 atom stereocenters. The Kier molecular flexibility index (Phi) is 5.13. The normalized spacial score (nSPS) is 17.7. The van der Waals surface area contributed by atoms with Crippen molar-refractivity contribution in [1.82, 2.24) is 4.31 Å². The fourth-order valence-electron chi connectivity index (χ4n) is 3.05. The number of aliphatic hydroxyl groups excluding tert-OH is 1. The smallest absolute Gasteiger partial charge is 0.265 e. The molecule has 0 fully saturated rings. The van der Waals surface area contributed by atoms with Crippen LogP contribution in [0.3, 0.4) is 0 Å². The Morgan fingerprint density at radius 3 is 2.35 bits per heavy atom. The third kappa shape index (κ3) is 3.12. The Hall–Kier alpha value is -2.60. The van der Waals surface area contributed by atoms with Crippen LogP contribution in [0.1, 0.15) is 42.1 Å². The highest BCUT2D eigenvalue weighted by Crippen LogP contribution is 2.35. The molecule has 6 heteroatoms. The van der Waals surface area contributed by atoms with Gasteiger partial charge in [0.2, 0.25) is 5.78 Å². The van der Waals surface area contributed by atoms with E-state index >= 15 is 0 Å². The molecule has 0 bridgehead atoms. The van der Waals surface area contributed by atoms with Crippen LogP contribution >= 0.6 is 0 Å². The molecule has 3 rings (SSSR count). The lowest BCUT2D eigenvalue weighted by molar-refractivity contribution is 0.0998. The molecule has 0 unspecified atom stereocenters. The lowest BCUT2D eigenvalue weighted by Crippen LogP contribution is -2.40. The molecule has 1 aliphatic rings. The number of ketones is 1. The topological polar surface area (TPSA) is 74.7 Å². The molecule has 0 spiro atoms. The number of hydrogen-bond acceptors (Lipinski definition) is 4. The van der Waals surface area contributed by atoms with Gasteiger partial charge in [0.05, 0.1) is 4.90 Å². The van der Waals surface area contributed by atoms with Gasteiger partial charge in [-0.25, -0.2) is 8.42 Å². The van der Waals surface area contributed by atoms with E-state index in [-0.39, 0.29) is 28.5 Å². The standard InChI is InChI=1S/C20H21NO4S/c1-2-3-9-14-21-18(19(22)15-10-5-4-6-11-15)20(23)16-12-7-8-13-17(16)26(21,24)25/h4-8,10-13,22H,2-3,9,14H2,1H3. The second-order valence-corrected chi connectivity index (χ2v) is 8.00. The number of carbonyl (C=O) groups excluding carboxylic acids is 1. The van der Waals surface area contributed by atoms with Crippen molar-refractivity contribution in [2.24, 2.45) is 0 Å². The van der Waals surface area contributed by atoms with Crippen LogP contribution in [0.25, 0.3) is 5.76 Å². The summed E-state index contributed by atoms with van der Waals surface area (Å²) >= 11 is 0. The Labute approximate surface area is 153 Å². The van der Waals surface area contributed by atoms with Gasteiger partial charge in [-0.2, -0.15) is 0 Å². The Balaban J connectivity index is 2.21. The van der Waals surface area contributed by atoms with Crippen molar-refractivity contribution in [2.45, 2.75) is 31.1 Å². The van der Waals surface area contributed by atoms with Crippen LogP contribution in [0.15, 0.2) is 65.2 Å². The molecule has 26 heavy (non-hydrogen) atoms. The summed E-state index contributed by atoms with van der Waals surface area (Å²) in [7, 11) is -3.90. The number of sulfonamides is 1. The predicted molar refractivity (Wildman–Crippen MR) is 100 cm³/mol. The van der Waals surface area contributed by atoms with Gasteiger partial charge < -0.3 is 5.11 Å². The number of unbranched alkanes of at least 4 members (excludes halogenated alkanes) is 2. The molecule has 0 saturated heterocycles. The molecular formula is C20H21NO4S. The maximum Gasteiger partial charge on any atom is 0.265 e. The number of nitrogens with zero attached hydrogens (tertiary/aromatic N) is 1. The molecule has 5 nitrogen and oxygen atoms in total. The van der Waals surface area contributed by atoms with Crippen LogP contribution in [0.4, 0.5) is 0 Å². The van der Waals surface area contributed by atoms with Crippen LogP contribution in [-0.2, 0) is 10.0 Å². The first-order chi connectivity index (χ1) is 12.5. The lowest BCUT2D eigenvalue weighted by Gasteiger charge is -2.31. The number of fused-ring (bicyclic) bond motifs is 1. The fraction of sp³-hybridized carbons (Fsp3) is 0.250. The van der Waals surface area contributed by atoms with E-state index in [1.807, 2.05) is 6.92 Å². The summed E-state index contributed by atoms with van der Waals surface area (Å²) in [5, 5.41) is 10.8. The van der Waals surface area contributed by atoms with E-state index < -0.39 is 15.8 Å². The van der Waals surface area contributed by atoms with Gasteiger partial charge >= 0.3 is 0 Å². The molecule has 2 aromatic rings. The first-order valence-electron chi connectivity index (χ1n) is 8.63. The summed E-state index contributed by atoms with van der Waals surface area (Å²) in [5.74, 6) is -0.793. The molecule has 1 aliphatic heterocycles. The summed E-state index contributed by atoms with van der Waals surface area (Å²) < 4.78 is 27.3. The van der Waals surface area contributed by atoms with E-state index in [0.717, 1.165) is 17.1 Å². The minimum Gasteiger partial charge on any atom is -0.505 e. The maximum absolute atomic E-state index is 13.1. The van der Waals surface area contributed by atoms with Gasteiger partial charge in [0.1, 0.15) is 5.70 Å². The Bertz CT molecular complexity index is 949. The van der Waals surface area contributed by atoms with Crippen LogP contribution in [0.5, 0.6) is 0 Å². The molecule has 0 radical (unpaired) electrons. The van der Waals surface area contributed by atoms with E-state index in [4.69, 9.17) is 0 Å². The van der Waals surface area contributed by atoms with Gasteiger partial charge in [-0.3, -0.25) is 9.10 Å². The highest BCUT2D eigenvalue weighted by molar-refractivity contribution is 7.89. The Morgan fingerprint density at radius 1 is 1.00 bits per heavy atom. The minimum atomic E-state index is -3.90. The summed E-state index contributed by atoms with van der Waals surface area (Å²) in [6.45, 7) is 2.17. The van der Waals surface area contributed by atoms with Crippen molar-refractivity contribution >= 4 is 21.6 Å². The second kappa shape index (κ2) is 7.33. The van der Waals surface area contributed by atoms with Crippen LogP contribution in [-0.4, -0.2) is 30.2 Å². The number of hydrogen-bond donors (Lipinski definition) is 1. The second-order valence-electron chi connectivity index (χ2n) is 6.17. The largest absolute Gasteiger partial charge is 0.505 e. The average molecular weight is 371 g/mol. The Morgan fingerprint density at radius 2 is 1.65 bits per heavy atom. The van der Waals surface area contributed by atoms with Gasteiger partial charge in [0.15, 0.2) is 5.76 Å². The van der Waals surface area contributed by atoms with Crippen LogP contribution in [0, 0.1) is 0 Å². The van der Waals surface area contributed by atoms with E-state index in [1.54, 1.807) is 42.5 Å². The van der Waals surface area contributed by atoms with Crippen molar-refractivity contribution in [3.8, 4) is 0 Å². The first-order valence-corrected chi connectivity index (χ1v) is 10.1. The van der Waals surface area contributed by atoms with E-state index in [2.05, 4.69) is 0 Å². The minimum absolute atomic E-state index is 0.00823. The predicted octanol–water partition coefficient (Wildman–Crippen LogP) is 3.99. The zero-order valence-electron chi connectivity index (χ0n) is 14.6. The molecule has 2 aromatic carbocycles. The molecule has 0 aromatic heterocycles. The molecule has 136 valence electrons. The number of carbonyl (C=O) groups is 1. The molecule has 0 saturated carbocycles.